The number of rotatable bonds is 4. The maximum atomic E-state index is 8.74. The molecule has 0 saturated heterocycles. The van der Waals surface area contributed by atoms with Gasteiger partial charge in [0, 0.05) is 13.6 Å². The van der Waals surface area contributed by atoms with Gasteiger partial charge >= 0.3 is 0 Å². The van der Waals surface area contributed by atoms with Crippen LogP contribution in [0, 0.1) is 0 Å². The first-order valence-electron chi connectivity index (χ1n) is 4.01. The van der Waals surface area contributed by atoms with Gasteiger partial charge in [-0.2, -0.15) is 0 Å². The number of aromatic nitrogens is 2. The van der Waals surface area contributed by atoms with E-state index in [0.29, 0.717) is 5.69 Å². The van der Waals surface area contributed by atoms with Crippen molar-refractivity contribution in [2.45, 2.75) is 6.61 Å². The third-order valence-corrected chi connectivity index (χ3v) is 1.65. The Labute approximate surface area is 77.6 Å². The molecule has 0 saturated carbocycles. The van der Waals surface area contributed by atoms with E-state index in [0.717, 1.165) is 12.4 Å². The number of nitrogens with zero attached hydrogens (tertiary/aromatic N) is 3. The van der Waals surface area contributed by atoms with Crippen molar-refractivity contribution in [1.29, 1.82) is 0 Å². The molecule has 0 unspecified atom stereocenters. The van der Waals surface area contributed by atoms with E-state index >= 15 is 0 Å². The second-order valence-electron chi connectivity index (χ2n) is 2.69. The van der Waals surface area contributed by atoms with Gasteiger partial charge in [0.25, 0.3) is 0 Å². The molecule has 70 valence electrons. The van der Waals surface area contributed by atoms with Gasteiger partial charge in [-0.15, -0.1) is 6.58 Å². The van der Waals surface area contributed by atoms with Gasteiger partial charge in [-0.3, -0.25) is 4.98 Å². The quantitative estimate of drug-likeness (QED) is 0.687. The van der Waals surface area contributed by atoms with Crippen molar-refractivity contribution in [3.05, 3.63) is 30.7 Å². The molecule has 0 aliphatic heterocycles. The summed E-state index contributed by atoms with van der Waals surface area (Å²) in [7, 11) is 1.91. The number of aliphatic hydroxyl groups is 1. The number of hydrogen-bond acceptors (Lipinski definition) is 4. The van der Waals surface area contributed by atoms with E-state index in [9.17, 15) is 0 Å². The first-order chi connectivity index (χ1) is 6.27. The zero-order chi connectivity index (χ0) is 9.68. The van der Waals surface area contributed by atoms with Crippen LogP contribution in [0.2, 0.25) is 0 Å². The first kappa shape index (κ1) is 9.67. The lowest BCUT2D eigenvalue weighted by molar-refractivity contribution is 0.276. The summed E-state index contributed by atoms with van der Waals surface area (Å²) in [5.41, 5.74) is 0.579. The molecule has 0 aromatic carbocycles. The molecule has 4 nitrogen and oxygen atoms in total. The van der Waals surface area contributed by atoms with Gasteiger partial charge in [-0.25, -0.2) is 4.98 Å². The van der Waals surface area contributed by atoms with Crippen molar-refractivity contribution in [2.24, 2.45) is 0 Å². The molecule has 1 N–H and O–H groups in total. The van der Waals surface area contributed by atoms with Crippen molar-refractivity contribution in [3.63, 3.8) is 0 Å². The third kappa shape index (κ3) is 2.52. The summed E-state index contributed by atoms with van der Waals surface area (Å²) in [6.07, 6.45) is 4.99. The van der Waals surface area contributed by atoms with E-state index in [1.165, 1.54) is 0 Å². The van der Waals surface area contributed by atoms with Crippen LogP contribution in [0.4, 0.5) is 5.82 Å². The highest BCUT2D eigenvalue weighted by Gasteiger charge is 2.00. The first-order valence-corrected chi connectivity index (χ1v) is 4.01. The second-order valence-corrected chi connectivity index (χ2v) is 2.69. The van der Waals surface area contributed by atoms with Crippen LogP contribution in [0.15, 0.2) is 25.0 Å². The van der Waals surface area contributed by atoms with Crippen LogP contribution in [-0.2, 0) is 6.61 Å². The Morgan fingerprint density at radius 1 is 1.54 bits per heavy atom. The van der Waals surface area contributed by atoms with Gasteiger partial charge in [0.05, 0.1) is 24.7 Å². The molecule has 0 radical (unpaired) electrons. The van der Waals surface area contributed by atoms with Crippen molar-refractivity contribution in [3.8, 4) is 0 Å². The molecule has 1 rings (SSSR count). The largest absolute Gasteiger partial charge is 0.390 e. The van der Waals surface area contributed by atoms with Crippen LogP contribution >= 0.6 is 0 Å². The highest BCUT2D eigenvalue weighted by molar-refractivity contribution is 5.35. The van der Waals surface area contributed by atoms with Crippen LogP contribution in [-0.4, -0.2) is 28.7 Å². The van der Waals surface area contributed by atoms with E-state index in [4.69, 9.17) is 5.11 Å². The highest BCUT2D eigenvalue weighted by atomic mass is 16.3. The molecule has 13 heavy (non-hydrogen) atoms. The number of aliphatic hydroxyl groups excluding tert-OH is 1. The topological polar surface area (TPSA) is 49.2 Å². The molecular weight excluding hydrogens is 166 g/mol. The zero-order valence-corrected chi connectivity index (χ0v) is 7.64. The molecule has 0 fully saturated rings. The summed E-state index contributed by atoms with van der Waals surface area (Å²) in [5, 5.41) is 8.74. The van der Waals surface area contributed by atoms with E-state index in [-0.39, 0.29) is 6.61 Å². The Kier molecular flexibility index (Phi) is 3.40. The summed E-state index contributed by atoms with van der Waals surface area (Å²) in [6, 6.07) is 0. The number of hydrogen-bond donors (Lipinski definition) is 1. The summed E-state index contributed by atoms with van der Waals surface area (Å²) < 4.78 is 0. The number of anilines is 1. The summed E-state index contributed by atoms with van der Waals surface area (Å²) in [4.78, 5) is 10.1. The molecule has 0 spiro atoms. The summed E-state index contributed by atoms with van der Waals surface area (Å²) in [5.74, 6) is 0.775. The lowest BCUT2D eigenvalue weighted by atomic mass is 10.4. The molecule has 1 aromatic rings. The zero-order valence-electron chi connectivity index (χ0n) is 7.64. The Balaban J connectivity index is 2.73. The van der Waals surface area contributed by atoms with E-state index in [1.54, 1.807) is 18.5 Å². The van der Waals surface area contributed by atoms with Crippen LogP contribution < -0.4 is 4.90 Å². The van der Waals surface area contributed by atoms with Crippen molar-refractivity contribution in [1.82, 2.24) is 9.97 Å². The fourth-order valence-corrected chi connectivity index (χ4v) is 0.914. The lowest BCUT2D eigenvalue weighted by Crippen LogP contribution is -2.18. The second kappa shape index (κ2) is 4.57. The smallest absolute Gasteiger partial charge is 0.147 e. The maximum Gasteiger partial charge on any atom is 0.147 e. The van der Waals surface area contributed by atoms with Crippen LogP contribution in [0.1, 0.15) is 5.69 Å². The van der Waals surface area contributed by atoms with Crippen LogP contribution in [0.25, 0.3) is 0 Å². The minimum Gasteiger partial charge on any atom is -0.390 e. The molecule has 1 heterocycles. The van der Waals surface area contributed by atoms with Crippen LogP contribution in [0.5, 0.6) is 0 Å². The Hall–Kier alpha value is -1.42. The van der Waals surface area contributed by atoms with Gasteiger partial charge < -0.3 is 10.0 Å². The molecule has 0 aliphatic carbocycles. The molecule has 4 heteroatoms. The Morgan fingerprint density at radius 2 is 2.31 bits per heavy atom. The van der Waals surface area contributed by atoms with Gasteiger partial charge in [0.15, 0.2) is 0 Å². The van der Waals surface area contributed by atoms with Crippen molar-refractivity contribution < 1.29 is 5.11 Å². The summed E-state index contributed by atoms with van der Waals surface area (Å²) >= 11 is 0. The van der Waals surface area contributed by atoms with E-state index < -0.39 is 0 Å². The van der Waals surface area contributed by atoms with Crippen LogP contribution in [0.3, 0.4) is 0 Å². The lowest BCUT2D eigenvalue weighted by Gasteiger charge is -2.14. The average molecular weight is 179 g/mol. The molecule has 0 bridgehead atoms. The molecule has 0 aliphatic rings. The third-order valence-electron chi connectivity index (χ3n) is 1.65. The fraction of sp³-hybridized carbons (Fsp3) is 0.333. The minimum absolute atomic E-state index is 0.0710. The van der Waals surface area contributed by atoms with Crippen molar-refractivity contribution in [2.75, 3.05) is 18.5 Å². The standard InChI is InChI=1S/C9H13N3O/c1-3-4-12(2)9-6-10-8(7-13)5-11-9/h3,5-6,13H,1,4,7H2,2H3. The average Bonchev–Trinajstić information content (AvgIpc) is 2.18. The SMILES string of the molecule is C=CCN(C)c1cnc(CO)cn1. The van der Waals surface area contributed by atoms with E-state index in [2.05, 4.69) is 16.5 Å². The predicted octanol–water partition coefficient (Wildman–Crippen LogP) is 0.591. The minimum atomic E-state index is -0.0710. The maximum absolute atomic E-state index is 8.74. The molecular formula is C9H13N3O. The Bertz CT molecular complexity index is 271. The normalized spacial score (nSPS) is 9.69. The Morgan fingerprint density at radius 3 is 2.77 bits per heavy atom. The highest BCUT2D eigenvalue weighted by Crippen LogP contribution is 2.05. The van der Waals surface area contributed by atoms with E-state index in [1.807, 2.05) is 11.9 Å². The monoisotopic (exact) mass is 179 g/mol. The van der Waals surface area contributed by atoms with Gasteiger partial charge in [-0.05, 0) is 0 Å². The molecule has 0 amide bonds. The van der Waals surface area contributed by atoms with Gasteiger partial charge in [0.2, 0.25) is 0 Å². The number of likely N-dealkylation sites (N-methyl/N-ethyl adjacent to an activating group) is 1. The molecule has 0 atom stereocenters. The summed E-state index contributed by atoms with van der Waals surface area (Å²) in [6.45, 7) is 4.29. The van der Waals surface area contributed by atoms with Gasteiger partial charge in [0.1, 0.15) is 5.82 Å². The van der Waals surface area contributed by atoms with Gasteiger partial charge in [-0.1, -0.05) is 6.08 Å². The fourth-order valence-electron chi connectivity index (χ4n) is 0.914. The van der Waals surface area contributed by atoms with Crippen molar-refractivity contribution >= 4 is 5.82 Å². The molecule has 1 aromatic heterocycles. The predicted molar refractivity (Wildman–Crippen MR) is 51.4 cm³/mol.